The van der Waals surface area contributed by atoms with Crippen molar-refractivity contribution in [2.45, 2.75) is 19.3 Å². The average molecular weight is 720 g/mol. The van der Waals surface area contributed by atoms with Crippen LogP contribution in [-0.2, 0) is 5.41 Å². The lowest BCUT2D eigenvalue weighted by atomic mass is 9.82. The number of hydrogen-bond acceptors (Lipinski definition) is 2. The van der Waals surface area contributed by atoms with Crippen molar-refractivity contribution in [2.75, 3.05) is 4.90 Å². The van der Waals surface area contributed by atoms with E-state index in [1.807, 2.05) is 11.3 Å². The summed E-state index contributed by atoms with van der Waals surface area (Å²) in [4.78, 5) is 2.56. The average Bonchev–Trinajstić information content (AvgIpc) is 3.73. The van der Waals surface area contributed by atoms with Gasteiger partial charge in [-0.3, -0.25) is 0 Å². The van der Waals surface area contributed by atoms with E-state index in [9.17, 15) is 0 Å². The summed E-state index contributed by atoms with van der Waals surface area (Å²) in [5.41, 5.74) is 13.6. The maximum absolute atomic E-state index is 2.56. The summed E-state index contributed by atoms with van der Waals surface area (Å²) < 4.78 is 2.58. The first-order valence-corrected chi connectivity index (χ1v) is 19.9. The zero-order chi connectivity index (χ0) is 36.7. The summed E-state index contributed by atoms with van der Waals surface area (Å²) >= 11 is 1.89. The molecule has 55 heavy (non-hydrogen) atoms. The minimum absolute atomic E-state index is 0.138. The van der Waals surface area contributed by atoms with Crippen molar-refractivity contribution in [2.24, 2.45) is 0 Å². The van der Waals surface area contributed by atoms with Crippen molar-refractivity contribution in [3.8, 4) is 33.4 Å². The van der Waals surface area contributed by atoms with Gasteiger partial charge in [-0.15, -0.1) is 11.3 Å². The molecule has 0 saturated heterocycles. The van der Waals surface area contributed by atoms with Crippen LogP contribution in [-0.4, -0.2) is 0 Å². The second kappa shape index (κ2) is 12.3. The number of fused-ring (bicyclic) bond motifs is 8. The van der Waals surface area contributed by atoms with E-state index in [0.717, 1.165) is 11.4 Å². The lowest BCUT2D eigenvalue weighted by Gasteiger charge is -2.31. The van der Waals surface area contributed by atoms with Crippen LogP contribution in [0.4, 0.5) is 17.1 Å². The molecule has 9 aromatic carbocycles. The Morgan fingerprint density at radius 1 is 0.400 bits per heavy atom. The van der Waals surface area contributed by atoms with Gasteiger partial charge in [0.15, 0.2) is 0 Å². The van der Waals surface area contributed by atoms with Crippen LogP contribution in [0.3, 0.4) is 0 Å². The van der Waals surface area contributed by atoms with Gasteiger partial charge in [0, 0.05) is 32.1 Å². The highest BCUT2D eigenvalue weighted by atomic mass is 32.1. The maximum atomic E-state index is 2.56. The molecule has 0 atom stereocenters. The van der Waals surface area contributed by atoms with Crippen LogP contribution in [0, 0.1) is 0 Å². The largest absolute Gasteiger partial charge is 0.308 e. The molecule has 1 nitrogen and oxygen atoms in total. The molecule has 0 unspecified atom stereocenters. The Morgan fingerprint density at radius 2 is 0.945 bits per heavy atom. The van der Waals surface area contributed by atoms with Crippen LogP contribution in [0.1, 0.15) is 25.0 Å². The molecule has 0 saturated carbocycles. The topological polar surface area (TPSA) is 3.24 Å². The Morgan fingerprint density at radius 3 is 1.76 bits per heavy atom. The third-order valence-electron chi connectivity index (χ3n) is 11.9. The first kappa shape index (κ1) is 32.0. The van der Waals surface area contributed by atoms with E-state index >= 15 is 0 Å². The molecule has 1 aliphatic rings. The fraction of sp³-hybridized carbons (Fsp3) is 0.0566. The van der Waals surface area contributed by atoms with Crippen LogP contribution >= 0.6 is 11.3 Å². The van der Waals surface area contributed by atoms with Gasteiger partial charge in [-0.05, 0) is 90.8 Å². The zero-order valence-corrected chi connectivity index (χ0v) is 31.6. The molecule has 1 heterocycles. The van der Waals surface area contributed by atoms with Crippen molar-refractivity contribution in [1.82, 2.24) is 0 Å². The highest BCUT2D eigenvalue weighted by Gasteiger charge is 2.36. The summed E-state index contributed by atoms with van der Waals surface area (Å²) in [5, 5.41) is 7.54. The molecule has 2 heteroatoms. The van der Waals surface area contributed by atoms with Gasteiger partial charge >= 0.3 is 0 Å². The second-order valence-electron chi connectivity index (χ2n) is 15.2. The Kier molecular flexibility index (Phi) is 7.14. The summed E-state index contributed by atoms with van der Waals surface area (Å²) in [6.07, 6.45) is 0. The summed E-state index contributed by atoms with van der Waals surface area (Å²) in [5.74, 6) is 0. The Hall–Kier alpha value is -6.48. The minimum Gasteiger partial charge on any atom is -0.308 e. The van der Waals surface area contributed by atoms with E-state index in [1.54, 1.807) is 0 Å². The minimum atomic E-state index is -0.138. The molecule has 0 N–H and O–H groups in total. The predicted molar refractivity (Wildman–Crippen MR) is 237 cm³/mol. The molecular weight excluding hydrogens is 683 g/mol. The lowest BCUT2D eigenvalue weighted by molar-refractivity contribution is 0.660. The first-order chi connectivity index (χ1) is 27.1. The van der Waals surface area contributed by atoms with Crippen molar-refractivity contribution >= 4 is 70.1 Å². The fourth-order valence-corrected chi connectivity index (χ4v) is 10.5. The number of anilines is 3. The van der Waals surface area contributed by atoms with Crippen molar-refractivity contribution in [3.63, 3.8) is 0 Å². The van der Waals surface area contributed by atoms with Gasteiger partial charge in [0.25, 0.3) is 0 Å². The van der Waals surface area contributed by atoms with Crippen LogP contribution in [0.15, 0.2) is 188 Å². The summed E-state index contributed by atoms with van der Waals surface area (Å²) in [6, 6.07) is 69.8. The highest BCUT2D eigenvalue weighted by Crippen LogP contribution is 2.54. The quantitative estimate of drug-likeness (QED) is 0.171. The van der Waals surface area contributed by atoms with E-state index in [2.05, 4.69) is 207 Å². The molecule has 0 spiro atoms. The molecule has 11 rings (SSSR count). The van der Waals surface area contributed by atoms with E-state index in [-0.39, 0.29) is 5.41 Å². The molecule has 10 aromatic rings. The smallest absolute Gasteiger partial charge is 0.0640 e. The van der Waals surface area contributed by atoms with E-state index in [1.165, 1.54) is 91.9 Å². The summed E-state index contributed by atoms with van der Waals surface area (Å²) in [6.45, 7) is 4.75. The third kappa shape index (κ3) is 4.85. The molecule has 1 aliphatic carbocycles. The van der Waals surface area contributed by atoms with Crippen LogP contribution in [0.25, 0.3) is 75.1 Å². The molecule has 0 radical (unpaired) electrons. The predicted octanol–water partition coefficient (Wildman–Crippen LogP) is 15.5. The molecule has 0 aliphatic heterocycles. The van der Waals surface area contributed by atoms with Gasteiger partial charge in [0.05, 0.1) is 16.1 Å². The molecule has 1 aromatic heterocycles. The molecule has 0 amide bonds. The van der Waals surface area contributed by atoms with Gasteiger partial charge in [-0.1, -0.05) is 172 Å². The van der Waals surface area contributed by atoms with Gasteiger partial charge in [-0.2, -0.15) is 0 Å². The van der Waals surface area contributed by atoms with Crippen LogP contribution in [0.5, 0.6) is 0 Å². The Labute approximate surface area is 325 Å². The number of nitrogens with zero attached hydrogens (tertiary/aromatic N) is 1. The van der Waals surface area contributed by atoms with Crippen molar-refractivity contribution < 1.29 is 0 Å². The molecule has 0 bridgehead atoms. The van der Waals surface area contributed by atoms with Crippen molar-refractivity contribution in [1.29, 1.82) is 0 Å². The molecular formula is C53H37NS. The van der Waals surface area contributed by atoms with E-state index < -0.39 is 0 Å². The number of hydrogen-bond donors (Lipinski definition) is 0. The lowest BCUT2D eigenvalue weighted by Crippen LogP contribution is -2.17. The fourth-order valence-electron chi connectivity index (χ4n) is 9.29. The number of thiophene rings is 1. The first-order valence-electron chi connectivity index (χ1n) is 19.1. The Balaban J connectivity index is 1.27. The zero-order valence-electron chi connectivity index (χ0n) is 30.8. The van der Waals surface area contributed by atoms with Crippen LogP contribution < -0.4 is 4.90 Å². The standard InChI is InChI=1S/C53H37NS/c1-53(2)46-27-9-7-21-40(46)41-32-31-36(33-47(41)53)54(49-29-14-26-45-42-22-8-10-30-50(42)55-52(45)49)48-28-13-25-44(39-23-11-17-34-15-3-5-19-37(34)39)51(48)43-24-12-18-35-16-4-6-20-38(35)43/h3-33H,1-2H3. The van der Waals surface area contributed by atoms with Gasteiger partial charge in [-0.25, -0.2) is 0 Å². The third-order valence-corrected chi connectivity index (χ3v) is 13.1. The van der Waals surface area contributed by atoms with Crippen molar-refractivity contribution in [3.05, 3.63) is 199 Å². The van der Waals surface area contributed by atoms with Gasteiger partial charge < -0.3 is 4.90 Å². The molecule has 0 fully saturated rings. The van der Waals surface area contributed by atoms with E-state index in [0.29, 0.717) is 0 Å². The normalized spacial score (nSPS) is 13.1. The molecule has 260 valence electrons. The van der Waals surface area contributed by atoms with Gasteiger partial charge in [0.1, 0.15) is 0 Å². The Bertz CT molecular complexity index is 3140. The van der Waals surface area contributed by atoms with Gasteiger partial charge in [0.2, 0.25) is 0 Å². The summed E-state index contributed by atoms with van der Waals surface area (Å²) in [7, 11) is 0. The monoisotopic (exact) mass is 719 g/mol. The SMILES string of the molecule is CC1(C)c2ccccc2-c2ccc(N(c3cccc(-c4cccc5ccccc45)c3-c3cccc4ccccc34)c3cccc4c3sc3ccccc34)cc21. The maximum Gasteiger partial charge on any atom is 0.0640 e. The van der Waals surface area contributed by atoms with E-state index in [4.69, 9.17) is 0 Å². The highest BCUT2D eigenvalue weighted by molar-refractivity contribution is 7.26. The number of rotatable bonds is 5. The second-order valence-corrected chi connectivity index (χ2v) is 16.3. The van der Waals surface area contributed by atoms with Crippen LogP contribution in [0.2, 0.25) is 0 Å². The number of benzene rings is 9.